The summed E-state index contributed by atoms with van der Waals surface area (Å²) in [6.07, 6.45) is 0. The zero-order valence-electron chi connectivity index (χ0n) is 11.8. The average Bonchev–Trinajstić information content (AvgIpc) is 2.35. The normalized spacial score (nSPS) is 22.6. The summed E-state index contributed by atoms with van der Waals surface area (Å²) in [4.78, 5) is 2.32. The van der Waals surface area contributed by atoms with E-state index in [1.165, 1.54) is 6.07 Å². The minimum absolute atomic E-state index is 0.0123. The molecule has 1 N–H and O–H groups in total. The number of benzene rings is 1. The Hall–Kier alpha value is -1.09. The molecular formula is C15H23FN2. The van der Waals surface area contributed by atoms with E-state index in [9.17, 15) is 4.39 Å². The van der Waals surface area contributed by atoms with Crippen molar-refractivity contribution in [1.82, 2.24) is 5.32 Å². The lowest BCUT2D eigenvalue weighted by molar-refractivity contribution is 0.365. The number of hydrogen-bond acceptors (Lipinski definition) is 2. The second-order valence-corrected chi connectivity index (χ2v) is 6.65. The zero-order chi connectivity index (χ0) is 13.4. The van der Waals surface area contributed by atoms with Crippen LogP contribution in [0.1, 0.15) is 27.7 Å². The SMILES string of the molecule is CC1(C)CNCC(C)(C)N(c2cccc(F)c2)C1. The van der Waals surface area contributed by atoms with Crippen LogP contribution in [0, 0.1) is 11.2 Å². The molecule has 0 amide bonds. The van der Waals surface area contributed by atoms with Gasteiger partial charge in [0.2, 0.25) is 0 Å². The average molecular weight is 250 g/mol. The van der Waals surface area contributed by atoms with Crippen molar-refractivity contribution in [2.45, 2.75) is 33.2 Å². The molecule has 0 aliphatic carbocycles. The first-order valence-electron chi connectivity index (χ1n) is 6.54. The molecule has 1 aromatic rings. The first-order chi connectivity index (χ1) is 8.30. The summed E-state index contributed by atoms with van der Waals surface area (Å²) in [6.45, 7) is 11.7. The molecule has 1 fully saturated rings. The van der Waals surface area contributed by atoms with Crippen LogP contribution in [0.15, 0.2) is 24.3 Å². The van der Waals surface area contributed by atoms with Crippen LogP contribution >= 0.6 is 0 Å². The maximum Gasteiger partial charge on any atom is 0.125 e. The molecule has 100 valence electrons. The molecule has 0 atom stereocenters. The van der Waals surface area contributed by atoms with Crippen molar-refractivity contribution in [3.8, 4) is 0 Å². The van der Waals surface area contributed by atoms with Gasteiger partial charge in [0.1, 0.15) is 5.82 Å². The fourth-order valence-corrected chi connectivity index (χ4v) is 2.58. The molecule has 1 aromatic carbocycles. The van der Waals surface area contributed by atoms with Gasteiger partial charge in [0.05, 0.1) is 0 Å². The molecule has 2 nitrogen and oxygen atoms in total. The Morgan fingerprint density at radius 1 is 1.17 bits per heavy atom. The second-order valence-electron chi connectivity index (χ2n) is 6.65. The first-order valence-corrected chi connectivity index (χ1v) is 6.54. The molecule has 1 aliphatic heterocycles. The predicted octanol–water partition coefficient (Wildman–Crippen LogP) is 3.04. The topological polar surface area (TPSA) is 15.3 Å². The van der Waals surface area contributed by atoms with E-state index in [2.05, 4.69) is 37.9 Å². The van der Waals surface area contributed by atoms with Gasteiger partial charge in [0, 0.05) is 30.9 Å². The van der Waals surface area contributed by atoms with Gasteiger partial charge in [-0.05, 0) is 37.5 Å². The van der Waals surface area contributed by atoms with Crippen LogP contribution in [0.2, 0.25) is 0 Å². The third-order valence-corrected chi connectivity index (χ3v) is 3.60. The van der Waals surface area contributed by atoms with Crippen molar-refractivity contribution in [3.05, 3.63) is 30.1 Å². The summed E-state index contributed by atoms with van der Waals surface area (Å²) in [5.74, 6) is -0.168. The standard InChI is InChI=1S/C15H23FN2/c1-14(2)9-17-10-15(3,4)18(11-14)13-7-5-6-12(16)8-13/h5-8,17H,9-11H2,1-4H3. The van der Waals surface area contributed by atoms with Crippen molar-refractivity contribution < 1.29 is 4.39 Å². The van der Waals surface area contributed by atoms with Crippen LogP contribution in [0.4, 0.5) is 10.1 Å². The van der Waals surface area contributed by atoms with Crippen LogP contribution in [0.25, 0.3) is 0 Å². The molecule has 0 radical (unpaired) electrons. The number of hydrogen-bond donors (Lipinski definition) is 1. The number of halogens is 1. The highest BCUT2D eigenvalue weighted by Gasteiger charge is 2.35. The lowest BCUT2D eigenvalue weighted by Gasteiger charge is -2.41. The van der Waals surface area contributed by atoms with Crippen molar-refractivity contribution in [3.63, 3.8) is 0 Å². The van der Waals surface area contributed by atoms with E-state index in [0.717, 1.165) is 25.3 Å². The molecule has 1 aliphatic rings. The molecular weight excluding hydrogens is 227 g/mol. The molecule has 18 heavy (non-hydrogen) atoms. The van der Waals surface area contributed by atoms with Gasteiger partial charge in [-0.15, -0.1) is 0 Å². The Morgan fingerprint density at radius 3 is 2.56 bits per heavy atom. The smallest absolute Gasteiger partial charge is 0.125 e. The van der Waals surface area contributed by atoms with Crippen LogP contribution in [0.3, 0.4) is 0 Å². The number of rotatable bonds is 1. The highest BCUT2D eigenvalue weighted by molar-refractivity contribution is 5.49. The number of anilines is 1. The Balaban J connectivity index is 2.37. The largest absolute Gasteiger partial charge is 0.364 e. The van der Waals surface area contributed by atoms with E-state index in [-0.39, 0.29) is 16.8 Å². The van der Waals surface area contributed by atoms with Gasteiger partial charge in [-0.25, -0.2) is 4.39 Å². The van der Waals surface area contributed by atoms with E-state index in [1.807, 2.05) is 6.07 Å². The van der Waals surface area contributed by atoms with Crippen LogP contribution in [-0.2, 0) is 0 Å². The summed E-state index contributed by atoms with van der Waals surface area (Å²) in [5.41, 5.74) is 1.14. The molecule has 1 saturated heterocycles. The van der Waals surface area contributed by atoms with Gasteiger partial charge >= 0.3 is 0 Å². The van der Waals surface area contributed by atoms with Crippen molar-refractivity contribution in [2.24, 2.45) is 5.41 Å². The highest BCUT2D eigenvalue weighted by Crippen LogP contribution is 2.31. The van der Waals surface area contributed by atoms with E-state index >= 15 is 0 Å². The molecule has 3 heteroatoms. The van der Waals surface area contributed by atoms with Crippen molar-refractivity contribution >= 4 is 5.69 Å². The fourth-order valence-electron chi connectivity index (χ4n) is 2.58. The van der Waals surface area contributed by atoms with Gasteiger partial charge in [0.25, 0.3) is 0 Å². The third kappa shape index (κ3) is 2.83. The summed E-state index contributed by atoms with van der Waals surface area (Å²) in [5, 5.41) is 3.51. The Kier molecular flexibility index (Phi) is 3.37. The van der Waals surface area contributed by atoms with E-state index in [0.29, 0.717) is 0 Å². The minimum Gasteiger partial charge on any atom is -0.364 e. The van der Waals surface area contributed by atoms with E-state index < -0.39 is 0 Å². The van der Waals surface area contributed by atoms with Crippen molar-refractivity contribution in [1.29, 1.82) is 0 Å². The Bertz CT molecular complexity index is 426. The molecule has 0 aromatic heterocycles. The highest BCUT2D eigenvalue weighted by atomic mass is 19.1. The van der Waals surface area contributed by atoms with Gasteiger partial charge < -0.3 is 10.2 Å². The van der Waals surface area contributed by atoms with Gasteiger partial charge in [0.15, 0.2) is 0 Å². The summed E-state index contributed by atoms with van der Waals surface area (Å²) in [7, 11) is 0. The van der Waals surface area contributed by atoms with Crippen LogP contribution < -0.4 is 10.2 Å². The number of nitrogens with zero attached hydrogens (tertiary/aromatic N) is 1. The van der Waals surface area contributed by atoms with E-state index in [4.69, 9.17) is 0 Å². The summed E-state index contributed by atoms with van der Waals surface area (Å²) >= 11 is 0. The molecule has 0 saturated carbocycles. The molecule has 0 spiro atoms. The molecule has 2 rings (SSSR count). The van der Waals surface area contributed by atoms with Gasteiger partial charge in [-0.1, -0.05) is 19.9 Å². The number of nitrogens with one attached hydrogen (secondary N) is 1. The zero-order valence-corrected chi connectivity index (χ0v) is 11.8. The summed E-state index contributed by atoms with van der Waals surface area (Å²) in [6, 6.07) is 6.90. The Morgan fingerprint density at radius 2 is 1.89 bits per heavy atom. The lowest BCUT2D eigenvalue weighted by atomic mass is 9.91. The minimum atomic E-state index is -0.168. The second kappa shape index (κ2) is 4.54. The van der Waals surface area contributed by atoms with Gasteiger partial charge in [-0.3, -0.25) is 0 Å². The maximum absolute atomic E-state index is 13.4. The monoisotopic (exact) mass is 250 g/mol. The predicted molar refractivity (Wildman–Crippen MR) is 74.5 cm³/mol. The molecule has 0 unspecified atom stereocenters. The van der Waals surface area contributed by atoms with Gasteiger partial charge in [-0.2, -0.15) is 0 Å². The van der Waals surface area contributed by atoms with E-state index in [1.54, 1.807) is 12.1 Å². The summed E-state index contributed by atoms with van der Waals surface area (Å²) < 4.78 is 13.4. The fraction of sp³-hybridized carbons (Fsp3) is 0.600. The molecule has 1 heterocycles. The quantitative estimate of drug-likeness (QED) is 0.824. The third-order valence-electron chi connectivity index (χ3n) is 3.60. The van der Waals surface area contributed by atoms with Crippen molar-refractivity contribution in [2.75, 3.05) is 24.5 Å². The maximum atomic E-state index is 13.4. The lowest BCUT2D eigenvalue weighted by Crippen LogP contribution is -2.49. The first kappa shape index (κ1) is 13.3. The van der Waals surface area contributed by atoms with Crippen LogP contribution in [0.5, 0.6) is 0 Å². The van der Waals surface area contributed by atoms with Crippen LogP contribution in [-0.4, -0.2) is 25.2 Å². The molecule has 0 bridgehead atoms. The Labute approximate surface area is 109 Å².